The Morgan fingerprint density at radius 1 is 1.08 bits per heavy atom. The molecule has 131 valence electrons. The first-order valence-corrected chi connectivity index (χ1v) is 8.57. The van der Waals surface area contributed by atoms with Gasteiger partial charge in [-0.15, -0.1) is 0 Å². The second-order valence-corrected chi connectivity index (χ2v) is 6.73. The zero-order chi connectivity index (χ0) is 18.4. The maximum absolute atomic E-state index is 13.3. The van der Waals surface area contributed by atoms with Crippen molar-refractivity contribution in [2.45, 2.75) is 26.4 Å². The molecule has 0 bridgehead atoms. The molecule has 1 fully saturated rings. The van der Waals surface area contributed by atoms with Crippen molar-refractivity contribution < 1.29 is 0 Å². The maximum Gasteiger partial charge on any atom is 0.352 e. The summed E-state index contributed by atoms with van der Waals surface area (Å²) in [4.78, 5) is 26.3. The third-order valence-electron chi connectivity index (χ3n) is 4.90. The molecule has 1 unspecified atom stereocenters. The van der Waals surface area contributed by atoms with Crippen LogP contribution in [0.1, 0.15) is 19.9 Å². The van der Waals surface area contributed by atoms with E-state index in [9.17, 15) is 9.59 Å². The number of para-hydroxylation sites is 1. The standard InChI is InChI=1S/C21H20N3O2/c1-14(2)18-15(3)13-22-20(25)23(17-11-5-4-6-12-17)21(26)24(22)19(18)16-9-7-8-10-16/h4-12,19H,1,13H2,2-3H3. The second-order valence-electron chi connectivity index (χ2n) is 6.73. The lowest BCUT2D eigenvalue weighted by molar-refractivity contribution is 0.394. The van der Waals surface area contributed by atoms with Crippen molar-refractivity contribution in [2.75, 3.05) is 0 Å². The highest BCUT2D eigenvalue weighted by Crippen LogP contribution is 2.42. The van der Waals surface area contributed by atoms with Crippen LogP contribution in [0.15, 0.2) is 63.2 Å². The molecule has 0 spiro atoms. The number of nitrogens with zero attached hydrogens (tertiary/aromatic N) is 3. The average Bonchev–Trinajstić information content (AvgIpc) is 3.22. The molecule has 5 nitrogen and oxygen atoms in total. The van der Waals surface area contributed by atoms with Gasteiger partial charge in [-0.2, -0.15) is 0 Å². The molecule has 1 aromatic carbocycles. The lowest BCUT2D eigenvalue weighted by atomic mass is 9.84. The highest BCUT2D eigenvalue weighted by Gasteiger charge is 2.38. The Morgan fingerprint density at radius 3 is 2.35 bits per heavy atom. The number of allylic oxidation sites excluding steroid dienone is 3. The van der Waals surface area contributed by atoms with Crippen LogP contribution in [0.3, 0.4) is 0 Å². The fourth-order valence-electron chi connectivity index (χ4n) is 3.83. The van der Waals surface area contributed by atoms with E-state index in [0.29, 0.717) is 12.2 Å². The molecule has 0 amide bonds. The van der Waals surface area contributed by atoms with Gasteiger partial charge in [-0.05, 0) is 62.8 Å². The molecule has 2 aromatic rings. The molecule has 2 heterocycles. The largest absolute Gasteiger partial charge is 0.352 e. The van der Waals surface area contributed by atoms with Gasteiger partial charge in [0.25, 0.3) is 0 Å². The van der Waals surface area contributed by atoms with Gasteiger partial charge in [0, 0.05) is 5.92 Å². The van der Waals surface area contributed by atoms with Crippen LogP contribution in [-0.2, 0) is 6.54 Å². The number of fused-ring (bicyclic) bond motifs is 1. The summed E-state index contributed by atoms with van der Waals surface area (Å²) in [6.07, 6.45) is 7.84. The average molecular weight is 346 g/mol. The fraction of sp³-hybridized carbons (Fsp3) is 0.190. The SMILES string of the molecule is C=C(C)C1=C(C)Cn2c(=O)n(-c3ccccc3)c(=O)n2C1[C]1[CH][CH][CH][CH]1. The molecule has 0 saturated heterocycles. The fourth-order valence-corrected chi connectivity index (χ4v) is 3.83. The van der Waals surface area contributed by atoms with Crippen LogP contribution in [0.4, 0.5) is 0 Å². The van der Waals surface area contributed by atoms with Crippen molar-refractivity contribution in [3.63, 3.8) is 0 Å². The molecule has 1 atom stereocenters. The van der Waals surface area contributed by atoms with E-state index < -0.39 is 0 Å². The third-order valence-corrected chi connectivity index (χ3v) is 4.90. The Bertz CT molecular complexity index is 998. The number of rotatable bonds is 3. The Kier molecular flexibility index (Phi) is 4.10. The molecule has 0 N–H and O–H groups in total. The summed E-state index contributed by atoms with van der Waals surface area (Å²) < 4.78 is 4.35. The van der Waals surface area contributed by atoms with Crippen LogP contribution < -0.4 is 11.4 Å². The van der Waals surface area contributed by atoms with Gasteiger partial charge in [0.05, 0.1) is 18.3 Å². The van der Waals surface area contributed by atoms with E-state index in [-0.39, 0.29) is 17.4 Å². The van der Waals surface area contributed by atoms with Gasteiger partial charge in [0.15, 0.2) is 0 Å². The molecule has 2 aliphatic rings. The van der Waals surface area contributed by atoms with Gasteiger partial charge >= 0.3 is 11.4 Å². The van der Waals surface area contributed by atoms with Crippen LogP contribution in [0, 0.1) is 31.6 Å². The van der Waals surface area contributed by atoms with Crippen molar-refractivity contribution in [1.82, 2.24) is 13.9 Å². The summed E-state index contributed by atoms with van der Waals surface area (Å²) >= 11 is 0. The molecule has 5 heteroatoms. The monoisotopic (exact) mass is 346 g/mol. The van der Waals surface area contributed by atoms with E-state index in [4.69, 9.17) is 0 Å². The van der Waals surface area contributed by atoms with Gasteiger partial charge in [-0.3, -0.25) is 0 Å². The van der Waals surface area contributed by atoms with Crippen molar-refractivity contribution in [3.05, 3.63) is 106 Å². The Balaban J connectivity index is 1.97. The first-order valence-electron chi connectivity index (χ1n) is 8.57. The highest BCUT2D eigenvalue weighted by atomic mass is 16.2. The lowest BCUT2D eigenvalue weighted by Crippen LogP contribution is -2.38. The van der Waals surface area contributed by atoms with E-state index >= 15 is 0 Å². The maximum atomic E-state index is 13.3. The molecular weight excluding hydrogens is 326 g/mol. The topological polar surface area (TPSA) is 48.9 Å². The predicted molar refractivity (Wildman–Crippen MR) is 101 cm³/mol. The van der Waals surface area contributed by atoms with E-state index in [1.165, 1.54) is 9.25 Å². The summed E-state index contributed by atoms with van der Waals surface area (Å²) in [7, 11) is 0. The van der Waals surface area contributed by atoms with Crippen LogP contribution in [0.25, 0.3) is 5.69 Å². The van der Waals surface area contributed by atoms with Gasteiger partial charge in [-0.25, -0.2) is 23.5 Å². The molecule has 1 aromatic heterocycles. The normalized spacial score (nSPS) is 20.5. The second kappa shape index (κ2) is 6.31. The summed E-state index contributed by atoms with van der Waals surface area (Å²) in [6.45, 7) is 8.44. The zero-order valence-corrected chi connectivity index (χ0v) is 14.8. The van der Waals surface area contributed by atoms with Gasteiger partial charge in [-0.1, -0.05) is 30.4 Å². The lowest BCUT2D eigenvalue weighted by Gasteiger charge is -2.33. The smallest absolute Gasteiger partial charge is 0.245 e. The van der Waals surface area contributed by atoms with Gasteiger partial charge < -0.3 is 0 Å². The van der Waals surface area contributed by atoms with E-state index in [1.54, 1.807) is 16.8 Å². The number of aromatic nitrogens is 3. The minimum atomic E-state index is -0.346. The molecule has 1 aliphatic carbocycles. The Labute approximate surface area is 152 Å². The van der Waals surface area contributed by atoms with Crippen LogP contribution in [-0.4, -0.2) is 13.9 Å². The summed E-state index contributed by atoms with van der Waals surface area (Å²) in [5.74, 6) is 0.975. The number of hydrogen-bond acceptors (Lipinski definition) is 2. The summed E-state index contributed by atoms with van der Waals surface area (Å²) in [6, 6.07) is 8.70. The molecule has 1 aliphatic heterocycles. The molecule has 4 rings (SSSR count). The zero-order valence-electron chi connectivity index (χ0n) is 14.8. The molecule has 26 heavy (non-hydrogen) atoms. The molecule has 1 saturated carbocycles. The van der Waals surface area contributed by atoms with Crippen molar-refractivity contribution >= 4 is 0 Å². The van der Waals surface area contributed by atoms with Crippen molar-refractivity contribution in [3.8, 4) is 5.69 Å². The number of hydrogen-bond donors (Lipinski definition) is 0. The van der Waals surface area contributed by atoms with E-state index in [1.807, 2.05) is 57.7 Å². The Morgan fingerprint density at radius 2 is 1.73 bits per heavy atom. The first kappa shape index (κ1) is 16.9. The summed E-state index contributed by atoms with van der Waals surface area (Å²) in [5, 5.41) is 0. The summed E-state index contributed by atoms with van der Waals surface area (Å²) in [5.41, 5.74) is 2.90. The first-order chi connectivity index (χ1) is 12.5. The minimum absolute atomic E-state index is 0.321. The van der Waals surface area contributed by atoms with Gasteiger partial charge in [0.2, 0.25) is 0 Å². The van der Waals surface area contributed by atoms with Crippen LogP contribution >= 0.6 is 0 Å². The Hall–Kier alpha value is -2.56. The molecular formula is C21H20N3O2. The number of benzene rings is 1. The van der Waals surface area contributed by atoms with Crippen molar-refractivity contribution in [2.24, 2.45) is 0 Å². The van der Waals surface area contributed by atoms with E-state index in [2.05, 4.69) is 6.58 Å². The van der Waals surface area contributed by atoms with Crippen LogP contribution in [0.2, 0.25) is 0 Å². The molecule has 5 radical (unpaired) electrons. The predicted octanol–water partition coefficient (Wildman–Crippen LogP) is 2.65. The van der Waals surface area contributed by atoms with Crippen molar-refractivity contribution in [1.29, 1.82) is 0 Å². The quantitative estimate of drug-likeness (QED) is 0.858. The minimum Gasteiger partial charge on any atom is -0.245 e. The van der Waals surface area contributed by atoms with E-state index in [0.717, 1.165) is 22.6 Å². The highest BCUT2D eigenvalue weighted by molar-refractivity contribution is 5.48. The third kappa shape index (κ3) is 2.45. The van der Waals surface area contributed by atoms with Gasteiger partial charge in [0.1, 0.15) is 0 Å². The van der Waals surface area contributed by atoms with Crippen LogP contribution in [0.5, 0.6) is 0 Å².